The molecule has 0 spiro atoms. The first-order valence-electron chi connectivity index (χ1n) is 8.72. The van der Waals surface area contributed by atoms with Gasteiger partial charge in [0, 0.05) is 19.7 Å². The lowest BCUT2D eigenvalue weighted by atomic mass is 9.72. The van der Waals surface area contributed by atoms with Gasteiger partial charge in [-0.1, -0.05) is 60.7 Å². The molecule has 0 bridgehead atoms. The molecule has 1 saturated heterocycles. The average Bonchev–Trinajstić information content (AvgIpc) is 2.61. The van der Waals surface area contributed by atoms with Gasteiger partial charge >= 0.3 is 0 Å². The summed E-state index contributed by atoms with van der Waals surface area (Å²) in [6.45, 7) is 1.51. The Hall–Kier alpha value is -2.13. The molecule has 0 radical (unpaired) electrons. The lowest BCUT2D eigenvalue weighted by Gasteiger charge is -2.42. The Kier molecular flexibility index (Phi) is 5.31. The normalized spacial score (nSPS) is 21.0. The van der Waals surface area contributed by atoms with Gasteiger partial charge < -0.3 is 10.0 Å². The lowest BCUT2D eigenvalue weighted by molar-refractivity contribution is -0.148. The number of hydrogen-bond donors (Lipinski definition) is 1. The topological polar surface area (TPSA) is 40.5 Å². The van der Waals surface area contributed by atoms with Gasteiger partial charge in [-0.05, 0) is 36.8 Å². The number of aliphatic hydroxyl groups excluding tert-OH is 1. The van der Waals surface area contributed by atoms with Gasteiger partial charge in [0.1, 0.15) is 0 Å². The van der Waals surface area contributed by atoms with Crippen LogP contribution in [0.25, 0.3) is 0 Å². The third-order valence-electron chi connectivity index (χ3n) is 5.02. The van der Waals surface area contributed by atoms with Crippen LogP contribution in [0.15, 0.2) is 60.7 Å². The van der Waals surface area contributed by atoms with Crippen LogP contribution in [0.1, 0.15) is 30.4 Å². The fourth-order valence-corrected chi connectivity index (χ4v) is 3.79. The molecule has 3 nitrogen and oxygen atoms in total. The van der Waals surface area contributed by atoms with Crippen molar-refractivity contribution in [1.82, 2.24) is 4.90 Å². The molecule has 0 aromatic heterocycles. The summed E-state index contributed by atoms with van der Waals surface area (Å²) >= 11 is 0. The molecule has 1 aliphatic rings. The standard InChI is InChI=1S/C21H25NO2/c23-15-13-21(16-18-8-3-1-4-9-18)12-7-14-22(20(21)24)17-19-10-5-2-6-11-19/h1-6,8-11,23H,7,12-17H2. The number of carbonyl (C=O) groups is 1. The first kappa shape index (κ1) is 16.7. The summed E-state index contributed by atoms with van der Waals surface area (Å²) in [6, 6.07) is 20.3. The molecule has 126 valence electrons. The van der Waals surface area contributed by atoms with E-state index in [1.165, 1.54) is 5.56 Å². The van der Waals surface area contributed by atoms with Crippen LogP contribution < -0.4 is 0 Å². The predicted octanol–water partition coefficient (Wildman–Crippen LogP) is 3.42. The molecule has 1 aliphatic heterocycles. The molecule has 0 aliphatic carbocycles. The molecule has 1 N–H and O–H groups in total. The predicted molar refractivity (Wildman–Crippen MR) is 95.4 cm³/mol. The molecule has 1 atom stereocenters. The van der Waals surface area contributed by atoms with E-state index >= 15 is 0 Å². The fourth-order valence-electron chi connectivity index (χ4n) is 3.79. The zero-order chi connectivity index (χ0) is 16.8. The minimum absolute atomic E-state index is 0.0533. The van der Waals surface area contributed by atoms with Gasteiger partial charge in [-0.25, -0.2) is 0 Å². The van der Waals surface area contributed by atoms with Crippen LogP contribution in [0, 0.1) is 5.41 Å². The monoisotopic (exact) mass is 323 g/mol. The summed E-state index contributed by atoms with van der Waals surface area (Å²) in [5, 5.41) is 9.58. The summed E-state index contributed by atoms with van der Waals surface area (Å²) < 4.78 is 0. The van der Waals surface area contributed by atoms with E-state index in [2.05, 4.69) is 24.3 Å². The van der Waals surface area contributed by atoms with E-state index in [-0.39, 0.29) is 12.5 Å². The maximum Gasteiger partial charge on any atom is 0.229 e. The Morgan fingerprint density at radius 1 is 0.958 bits per heavy atom. The zero-order valence-corrected chi connectivity index (χ0v) is 14.0. The van der Waals surface area contributed by atoms with Crippen molar-refractivity contribution in [3.63, 3.8) is 0 Å². The third kappa shape index (κ3) is 3.68. The Labute approximate surface area is 143 Å². The van der Waals surface area contributed by atoms with E-state index < -0.39 is 5.41 Å². The van der Waals surface area contributed by atoms with E-state index in [0.717, 1.165) is 24.9 Å². The Balaban J connectivity index is 1.81. The van der Waals surface area contributed by atoms with Gasteiger partial charge in [0.15, 0.2) is 0 Å². The van der Waals surface area contributed by atoms with Crippen molar-refractivity contribution in [2.24, 2.45) is 5.41 Å². The molecule has 2 aromatic rings. The largest absolute Gasteiger partial charge is 0.396 e. The number of rotatable bonds is 6. The van der Waals surface area contributed by atoms with E-state index in [1.54, 1.807) is 0 Å². The zero-order valence-electron chi connectivity index (χ0n) is 14.0. The first-order chi connectivity index (χ1) is 11.7. The summed E-state index contributed by atoms with van der Waals surface area (Å²) in [4.78, 5) is 15.2. The number of amides is 1. The summed E-state index contributed by atoms with van der Waals surface area (Å²) in [5.74, 6) is 0.190. The van der Waals surface area contributed by atoms with Gasteiger partial charge in [0.25, 0.3) is 0 Å². The second-order valence-corrected chi connectivity index (χ2v) is 6.73. The summed E-state index contributed by atoms with van der Waals surface area (Å²) in [6.07, 6.45) is 3.09. The minimum atomic E-state index is -0.469. The number of piperidine rings is 1. The third-order valence-corrected chi connectivity index (χ3v) is 5.02. The van der Waals surface area contributed by atoms with E-state index in [1.807, 2.05) is 41.3 Å². The molecular formula is C21H25NO2. The van der Waals surface area contributed by atoms with Crippen molar-refractivity contribution in [3.05, 3.63) is 71.8 Å². The molecule has 3 heteroatoms. The number of hydrogen-bond acceptors (Lipinski definition) is 2. The molecular weight excluding hydrogens is 298 g/mol. The van der Waals surface area contributed by atoms with Crippen LogP contribution >= 0.6 is 0 Å². The molecule has 0 saturated carbocycles. The molecule has 1 heterocycles. The molecule has 2 aromatic carbocycles. The van der Waals surface area contributed by atoms with Gasteiger partial charge in [0.05, 0.1) is 5.41 Å². The quantitative estimate of drug-likeness (QED) is 0.885. The number of carbonyl (C=O) groups excluding carboxylic acids is 1. The highest BCUT2D eigenvalue weighted by atomic mass is 16.3. The fraction of sp³-hybridized carbons (Fsp3) is 0.381. The van der Waals surface area contributed by atoms with E-state index in [4.69, 9.17) is 0 Å². The SMILES string of the molecule is O=C1N(Cc2ccccc2)CCCC1(CCO)Cc1ccccc1. The molecule has 1 amide bonds. The van der Waals surface area contributed by atoms with Gasteiger partial charge in [-0.15, -0.1) is 0 Å². The van der Waals surface area contributed by atoms with Crippen LogP contribution in [-0.2, 0) is 17.8 Å². The highest BCUT2D eigenvalue weighted by molar-refractivity contribution is 5.84. The van der Waals surface area contributed by atoms with Crippen molar-refractivity contribution in [3.8, 4) is 0 Å². The lowest BCUT2D eigenvalue weighted by Crippen LogP contribution is -2.49. The summed E-state index contributed by atoms with van der Waals surface area (Å²) in [7, 11) is 0. The number of aliphatic hydroxyl groups is 1. The van der Waals surface area contributed by atoms with Crippen molar-refractivity contribution in [2.45, 2.75) is 32.2 Å². The highest BCUT2D eigenvalue weighted by Crippen LogP contribution is 2.38. The second kappa shape index (κ2) is 7.63. The summed E-state index contributed by atoms with van der Waals surface area (Å²) in [5.41, 5.74) is 1.86. The van der Waals surface area contributed by atoms with Crippen molar-refractivity contribution in [2.75, 3.05) is 13.2 Å². The first-order valence-corrected chi connectivity index (χ1v) is 8.72. The van der Waals surface area contributed by atoms with Crippen LogP contribution in [0.5, 0.6) is 0 Å². The average molecular weight is 323 g/mol. The Morgan fingerprint density at radius 3 is 2.21 bits per heavy atom. The van der Waals surface area contributed by atoms with E-state index in [0.29, 0.717) is 19.4 Å². The smallest absolute Gasteiger partial charge is 0.229 e. The second-order valence-electron chi connectivity index (χ2n) is 6.73. The molecule has 24 heavy (non-hydrogen) atoms. The Bertz CT molecular complexity index is 652. The van der Waals surface area contributed by atoms with Crippen LogP contribution in [-0.4, -0.2) is 29.1 Å². The van der Waals surface area contributed by atoms with Crippen LogP contribution in [0.3, 0.4) is 0 Å². The van der Waals surface area contributed by atoms with Crippen LogP contribution in [0.2, 0.25) is 0 Å². The van der Waals surface area contributed by atoms with Crippen molar-refractivity contribution >= 4 is 5.91 Å². The maximum absolute atomic E-state index is 13.3. The molecule has 3 rings (SSSR count). The number of nitrogens with zero attached hydrogens (tertiary/aromatic N) is 1. The van der Waals surface area contributed by atoms with E-state index in [9.17, 15) is 9.90 Å². The van der Waals surface area contributed by atoms with Gasteiger partial charge in [-0.2, -0.15) is 0 Å². The highest BCUT2D eigenvalue weighted by Gasteiger charge is 2.43. The molecule has 1 unspecified atom stereocenters. The minimum Gasteiger partial charge on any atom is -0.396 e. The van der Waals surface area contributed by atoms with Crippen molar-refractivity contribution in [1.29, 1.82) is 0 Å². The Morgan fingerprint density at radius 2 is 1.58 bits per heavy atom. The maximum atomic E-state index is 13.3. The number of likely N-dealkylation sites (tertiary alicyclic amines) is 1. The van der Waals surface area contributed by atoms with Crippen LogP contribution in [0.4, 0.5) is 0 Å². The van der Waals surface area contributed by atoms with Crippen molar-refractivity contribution < 1.29 is 9.90 Å². The number of benzene rings is 2. The van der Waals surface area contributed by atoms with Gasteiger partial charge in [0.2, 0.25) is 5.91 Å². The van der Waals surface area contributed by atoms with Gasteiger partial charge in [-0.3, -0.25) is 4.79 Å². The molecule has 1 fully saturated rings.